The average Bonchev–Trinajstić information content (AvgIpc) is 3.06. The lowest BCUT2D eigenvalue weighted by atomic mass is 9.94. The lowest BCUT2D eigenvalue weighted by Crippen LogP contribution is -2.61. The number of aliphatic hydroxyl groups is 4. The van der Waals surface area contributed by atoms with Gasteiger partial charge in [-0.05, 0) is 66.4 Å². The van der Waals surface area contributed by atoms with E-state index in [1.165, 1.54) is 18.2 Å². The first-order valence-corrected chi connectivity index (χ1v) is 16.8. The van der Waals surface area contributed by atoms with Gasteiger partial charge in [0.1, 0.15) is 36.0 Å². The van der Waals surface area contributed by atoms with Crippen molar-refractivity contribution < 1.29 is 69.4 Å². The molecule has 3 heterocycles. The molecule has 6 rings (SSSR count). The molecule has 18 heteroatoms. The first-order chi connectivity index (χ1) is 23.6. The van der Waals surface area contributed by atoms with E-state index in [2.05, 4.69) is 4.74 Å². The number of piperidine rings is 1. The Balaban J connectivity index is 1.37. The summed E-state index contributed by atoms with van der Waals surface area (Å²) in [6.07, 6.45) is -12.8. The van der Waals surface area contributed by atoms with Crippen LogP contribution in [0.15, 0.2) is 65.6 Å². The minimum absolute atomic E-state index is 0.0325. The van der Waals surface area contributed by atoms with Crippen LogP contribution in [0.3, 0.4) is 0 Å². The summed E-state index contributed by atoms with van der Waals surface area (Å²) in [7, 11) is -4.70. The molecule has 0 amide bonds. The highest BCUT2D eigenvalue weighted by Crippen LogP contribution is 2.45. The molecule has 272 valence electrons. The van der Waals surface area contributed by atoms with Crippen molar-refractivity contribution in [1.82, 2.24) is 0 Å². The van der Waals surface area contributed by atoms with E-state index in [9.17, 15) is 55.2 Å². The van der Waals surface area contributed by atoms with Gasteiger partial charge in [0.25, 0.3) is 10.0 Å². The van der Waals surface area contributed by atoms with Gasteiger partial charge in [-0.15, -0.1) is 0 Å². The van der Waals surface area contributed by atoms with Crippen LogP contribution in [0.4, 0.5) is 37.7 Å². The lowest BCUT2D eigenvalue weighted by molar-refractivity contribution is -0.312. The molecule has 0 saturated carbocycles. The number of hydrogen-bond donors (Lipinski definition) is 4. The molecule has 11 nitrogen and oxygen atoms in total. The number of rotatable bonds is 8. The lowest BCUT2D eigenvalue weighted by Gasteiger charge is -2.49. The molecule has 2 saturated heterocycles. The zero-order chi connectivity index (χ0) is 36.1. The van der Waals surface area contributed by atoms with Crippen LogP contribution in [0, 0.1) is 5.82 Å². The second-order valence-corrected chi connectivity index (χ2v) is 14.0. The molecule has 2 fully saturated rings. The average molecular weight is 735 g/mol. The minimum atomic E-state index is -4.84. The van der Waals surface area contributed by atoms with Crippen LogP contribution in [0.5, 0.6) is 5.75 Å². The highest BCUT2D eigenvalue weighted by molar-refractivity contribution is 7.92. The van der Waals surface area contributed by atoms with Gasteiger partial charge in [-0.25, -0.2) is 12.8 Å². The molecule has 0 radical (unpaired) electrons. The Kier molecular flexibility index (Phi) is 9.99. The van der Waals surface area contributed by atoms with E-state index in [0.29, 0.717) is 18.2 Å². The number of halogens is 6. The monoisotopic (exact) mass is 734 g/mol. The van der Waals surface area contributed by atoms with Crippen LogP contribution < -0.4 is 13.9 Å². The highest BCUT2D eigenvalue weighted by atomic mass is 32.2. The summed E-state index contributed by atoms with van der Waals surface area (Å²) in [6, 6.07) is 9.90. The molecule has 3 aliphatic rings. The molecule has 50 heavy (non-hydrogen) atoms. The van der Waals surface area contributed by atoms with E-state index in [1.54, 1.807) is 0 Å². The van der Waals surface area contributed by atoms with Gasteiger partial charge >= 0.3 is 12.8 Å². The summed E-state index contributed by atoms with van der Waals surface area (Å²) in [5.74, 6) is -1.39. The number of anilines is 2. The van der Waals surface area contributed by atoms with Gasteiger partial charge < -0.3 is 39.5 Å². The van der Waals surface area contributed by atoms with Crippen molar-refractivity contribution in [2.45, 2.75) is 73.4 Å². The molecule has 7 atom stereocenters. The van der Waals surface area contributed by atoms with Crippen molar-refractivity contribution in [2.75, 3.05) is 28.9 Å². The van der Waals surface area contributed by atoms with E-state index in [1.807, 2.05) is 4.90 Å². The molecule has 0 aliphatic carbocycles. The van der Waals surface area contributed by atoms with Crippen LogP contribution in [-0.4, -0.2) is 98.0 Å². The molecule has 0 aromatic heterocycles. The van der Waals surface area contributed by atoms with E-state index < -0.39 is 94.3 Å². The molecule has 1 unspecified atom stereocenters. The van der Waals surface area contributed by atoms with Crippen molar-refractivity contribution in [1.29, 1.82) is 0 Å². The van der Waals surface area contributed by atoms with E-state index in [-0.39, 0.29) is 36.3 Å². The van der Waals surface area contributed by atoms with Gasteiger partial charge in [0.2, 0.25) is 0 Å². The van der Waals surface area contributed by atoms with Crippen molar-refractivity contribution in [2.24, 2.45) is 0 Å². The minimum Gasteiger partial charge on any atom is -0.435 e. The Bertz CT molecular complexity index is 1810. The van der Waals surface area contributed by atoms with Crippen LogP contribution in [0.25, 0.3) is 11.1 Å². The standard InChI is InChI=1S/C32H32F6N2O9S/c33-19-8-17(9-22(12-19)48-31(34)35)16-4-5-24-25(10-16)40(50(45,46)23-3-1-2-18(11-23)32(36,37)38)14-20-13-21(6-7-39(20)24)47-30-29(44)28(43)27(42)26(15-41)49-30/h1-5,8-12,20-21,26-31,41-44H,6-7,13-15H2/t20-,21?,26+,27+,28-,29+,30+/m0/s1. The molecule has 0 spiro atoms. The molecule has 4 N–H and O–H groups in total. The predicted molar refractivity (Wildman–Crippen MR) is 163 cm³/mol. The number of ether oxygens (including phenoxy) is 3. The zero-order valence-corrected chi connectivity index (χ0v) is 26.6. The molecule has 0 bridgehead atoms. The fourth-order valence-corrected chi connectivity index (χ4v) is 8.08. The summed E-state index contributed by atoms with van der Waals surface area (Å²) in [6.45, 7) is -3.97. The van der Waals surface area contributed by atoms with Crippen molar-refractivity contribution in [3.63, 3.8) is 0 Å². The number of fused-ring (bicyclic) bond motifs is 3. The van der Waals surface area contributed by atoms with Crippen molar-refractivity contribution in [3.05, 3.63) is 72.0 Å². The van der Waals surface area contributed by atoms with Gasteiger partial charge in [0.15, 0.2) is 6.29 Å². The smallest absolute Gasteiger partial charge is 0.416 e. The first kappa shape index (κ1) is 36.2. The first-order valence-electron chi connectivity index (χ1n) is 15.4. The van der Waals surface area contributed by atoms with E-state index >= 15 is 0 Å². The zero-order valence-electron chi connectivity index (χ0n) is 25.8. The summed E-state index contributed by atoms with van der Waals surface area (Å²) in [5.41, 5.74) is -0.542. The Morgan fingerprint density at radius 2 is 1.70 bits per heavy atom. The van der Waals surface area contributed by atoms with Gasteiger partial charge in [-0.1, -0.05) is 12.1 Å². The summed E-state index contributed by atoms with van der Waals surface area (Å²) < 4.78 is 126. The maximum atomic E-state index is 14.5. The predicted octanol–water partition coefficient (Wildman–Crippen LogP) is 3.48. The van der Waals surface area contributed by atoms with Crippen LogP contribution in [0.2, 0.25) is 0 Å². The largest absolute Gasteiger partial charge is 0.435 e. The second-order valence-electron chi connectivity index (χ2n) is 12.1. The molecular weight excluding hydrogens is 702 g/mol. The van der Waals surface area contributed by atoms with E-state index in [4.69, 9.17) is 9.47 Å². The number of aliphatic hydroxyl groups excluding tert-OH is 4. The van der Waals surface area contributed by atoms with Crippen LogP contribution in [-0.2, 0) is 25.7 Å². The maximum absolute atomic E-state index is 14.5. The molecule has 3 aromatic carbocycles. The fourth-order valence-electron chi connectivity index (χ4n) is 6.52. The van der Waals surface area contributed by atoms with Crippen LogP contribution >= 0.6 is 0 Å². The van der Waals surface area contributed by atoms with Gasteiger partial charge in [-0.3, -0.25) is 4.31 Å². The van der Waals surface area contributed by atoms with Gasteiger partial charge in [0.05, 0.1) is 47.1 Å². The van der Waals surface area contributed by atoms with Crippen molar-refractivity contribution >= 4 is 21.4 Å². The summed E-state index contributed by atoms with van der Waals surface area (Å²) in [4.78, 5) is 1.21. The third-order valence-electron chi connectivity index (χ3n) is 8.95. The Hall–Kier alpha value is -3.65. The quantitative estimate of drug-likeness (QED) is 0.254. The Morgan fingerprint density at radius 1 is 0.940 bits per heavy atom. The molecule has 3 aromatic rings. The molecule has 3 aliphatic heterocycles. The van der Waals surface area contributed by atoms with E-state index in [0.717, 1.165) is 40.7 Å². The second kappa shape index (κ2) is 13.8. The fraction of sp³-hybridized carbons (Fsp3) is 0.438. The van der Waals surface area contributed by atoms with Crippen LogP contribution in [0.1, 0.15) is 18.4 Å². The molecular formula is C32H32F6N2O9S. The number of hydrogen-bond acceptors (Lipinski definition) is 10. The number of nitrogens with zero attached hydrogens (tertiary/aromatic N) is 2. The maximum Gasteiger partial charge on any atom is 0.416 e. The normalized spacial score (nSPS) is 27.2. The Labute approximate surface area is 281 Å². The SMILES string of the molecule is O=S(=O)(c1cccc(C(F)(F)F)c1)N1C[C@@H]2CC(O[C@@H]3O[C@H](CO)[C@@H](O)[C@H](O)[C@H]3O)CCN2c2ccc(-c3cc(F)cc(OC(F)F)c3)cc21. The number of sulfonamides is 1. The summed E-state index contributed by atoms with van der Waals surface area (Å²) >= 11 is 0. The topological polar surface area (TPSA) is 149 Å². The van der Waals surface area contributed by atoms with Gasteiger partial charge in [-0.2, -0.15) is 22.0 Å². The van der Waals surface area contributed by atoms with Gasteiger partial charge in [0, 0.05) is 12.6 Å². The number of benzene rings is 3. The highest BCUT2D eigenvalue weighted by Gasteiger charge is 2.47. The number of alkyl halides is 5. The third-order valence-corrected chi connectivity index (χ3v) is 10.7. The summed E-state index contributed by atoms with van der Waals surface area (Å²) in [5, 5.41) is 40.3. The Morgan fingerprint density at radius 3 is 2.40 bits per heavy atom. The third kappa shape index (κ3) is 7.10. The van der Waals surface area contributed by atoms with Crippen molar-refractivity contribution in [3.8, 4) is 16.9 Å².